The Bertz CT molecular complexity index is 859. The van der Waals surface area contributed by atoms with Gasteiger partial charge in [-0.3, -0.25) is 4.79 Å². The van der Waals surface area contributed by atoms with Gasteiger partial charge in [0.25, 0.3) is 0 Å². The van der Waals surface area contributed by atoms with E-state index in [-0.39, 0.29) is 19.0 Å². The van der Waals surface area contributed by atoms with Crippen molar-refractivity contribution in [3.63, 3.8) is 0 Å². The zero-order valence-corrected chi connectivity index (χ0v) is 16.5. The van der Waals surface area contributed by atoms with E-state index in [9.17, 15) is 13.2 Å². The maximum atomic E-state index is 12.3. The zero-order valence-electron chi connectivity index (χ0n) is 15.7. The molecule has 0 atom stereocenters. The number of rotatable bonds is 7. The second kappa shape index (κ2) is 8.47. The Hall–Kier alpha value is -2.18. The Kier molecular flexibility index (Phi) is 6.56. The van der Waals surface area contributed by atoms with Crippen LogP contribution in [0.15, 0.2) is 48.5 Å². The van der Waals surface area contributed by atoms with E-state index in [1.807, 2.05) is 55.5 Å². The number of hydrogen-bond acceptors (Lipinski definition) is 3. The van der Waals surface area contributed by atoms with Crippen molar-refractivity contribution in [2.24, 2.45) is 0 Å². The van der Waals surface area contributed by atoms with Crippen LogP contribution in [-0.4, -0.2) is 31.4 Å². The average Bonchev–Trinajstić information content (AvgIpc) is 2.55. The molecule has 0 aromatic heterocycles. The van der Waals surface area contributed by atoms with Crippen molar-refractivity contribution in [2.45, 2.75) is 33.2 Å². The minimum atomic E-state index is -3.51. The van der Waals surface area contributed by atoms with Gasteiger partial charge in [-0.05, 0) is 41.7 Å². The highest BCUT2D eigenvalue weighted by Gasteiger charge is 2.21. The molecule has 1 N–H and O–H groups in total. The summed E-state index contributed by atoms with van der Waals surface area (Å²) >= 11 is 0. The fourth-order valence-electron chi connectivity index (χ4n) is 2.58. The monoisotopic (exact) mass is 374 g/mol. The summed E-state index contributed by atoms with van der Waals surface area (Å²) in [6.45, 7) is 6.07. The van der Waals surface area contributed by atoms with Crippen molar-refractivity contribution < 1.29 is 13.2 Å². The van der Waals surface area contributed by atoms with Crippen LogP contribution in [0.1, 0.15) is 36.5 Å². The van der Waals surface area contributed by atoms with Gasteiger partial charge in [-0.1, -0.05) is 50.2 Å². The molecule has 0 fully saturated rings. The number of sulfonamides is 1. The van der Waals surface area contributed by atoms with Gasteiger partial charge in [0.05, 0.1) is 12.8 Å². The molecule has 0 heterocycles. The summed E-state index contributed by atoms with van der Waals surface area (Å²) in [4.78, 5) is 12.3. The van der Waals surface area contributed by atoms with E-state index in [2.05, 4.69) is 19.2 Å². The maximum absolute atomic E-state index is 12.3. The highest BCUT2D eigenvalue weighted by atomic mass is 32.2. The Morgan fingerprint density at radius 2 is 1.69 bits per heavy atom. The van der Waals surface area contributed by atoms with E-state index in [1.165, 1.54) is 9.87 Å². The standard InChI is InChI=1S/C20H26N2O3S/c1-15(2)17-9-11-19(12-10-17)21-20(23)14-22(26(4,24)25)13-18-8-6-5-7-16(18)3/h5-12,15H,13-14H2,1-4H3,(H,21,23). The van der Waals surface area contributed by atoms with Gasteiger partial charge >= 0.3 is 0 Å². The lowest BCUT2D eigenvalue weighted by atomic mass is 10.0. The van der Waals surface area contributed by atoms with E-state index >= 15 is 0 Å². The normalized spacial score (nSPS) is 11.8. The number of benzene rings is 2. The van der Waals surface area contributed by atoms with Crippen LogP contribution in [0.2, 0.25) is 0 Å². The minimum Gasteiger partial charge on any atom is -0.325 e. The lowest BCUT2D eigenvalue weighted by Crippen LogP contribution is -2.37. The molecule has 0 spiro atoms. The van der Waals surface area contributed by atoms with Crippen LogP contribution in [0.3, 0.4) is 0 Å². The molecule has 2 rings (SSSR count). The molecule has 26 heavy (non-hydrogen) atoms. The van der Waals surface area contributed by atoms with Crippen LogP contribution >= 0.6 is 0 Å². The topological polar surface area (TPSA) is 66.5 Å². The average molecular weight is 375 g/mol. The molecule has 2 aromatic carbocycles. The third kappa shape index (κ3) is 5.68. The number of anilines is 1. The molecule has 0 saturated carbocycles. The molecular formula is C20H26N2O3S. The molecule has 2 aromatic rings. The van der Waals surface area contributed by atoms with Crippen molar-refractivity contribution >= 4 is 21.6 Å². The fourth-order valence-corrected chi connectivity index (χ4v) is 3.31. The van der Waals surface area contributed by atoms with Gasteiger partial charge in [-0.15, -0.1) is 0 Å². The third-order valence-corrected chi connectivity index (χ3v) is 5.45. The summed E-state index contributed by atoms with van der Waals surface area (Å²) in [6.07, 6.45) is 1.12. The van der Waals surface area contributed by atoms with Crippen molar-refractivity contribution in [3.05, 3.63) is 65.2 Å². The summed E-state index contributed by atoms with van der Waals surface area (Å²) in [6, 6.07) is 15.1. The Morgan fingerprint density at radius 3 is 2.23 bits per heavy atom. The first-order valence-corrected chi connectivity index (χ1v) is 10.4. The number of carbonyl (C=O) groups is 1. The minimum absolute atomic E-state index is 0.172. The molecule has 0 unspecified atom stereocenters. The first-order valence-electron chi connectivity index (χ1n) is 8.56. The van der Waals surface area contributed by atoms with Gasteiger partial charge in [-0.25, -0.2) is 8.42 Å². The van der Waals surface area contributed by atoms with E-state index in [4.69, 9.17) is 0 Å². The van der Waals surface area contributed by atoms with Crippen LogP contribution in [-0.2, 0) is 21.4 Å². The van der Waals surface area contributed by atoms with Crippen LogP contribution in [0.5, 0.6) is 0 Å². The lowest BCUT2D eigenvalue weighted by Gasteiger charge is -2.20. The summed E-state index contributed by atoms with van der Waals surface area (Å²) in [5.74, 6) is 0.0518. The van der Waals surface area contributed by atoms with Crippen molar-refractivity contribution in [2.75, 3.05) is 18.1 Å². The quantitative estimate of drug-likeness (QED) is 0.806. The van der Waals surface area contributed by atoms with Crippen molar-refractivity contribution in [1.29, 1.82) is 0 Å². The van der Waals surface area contributed by atoms with Gasteiger partial charge < -0.3 is 5.32 Å². The van der Waals surface area contributed by atoms with E-state index in [0.29, 0.717) is 11.6 Å². The van der Waals surface area contributed by atoms with E-state index in [0.717, 1.165) is 17.4 Å². The molecule has 6 heteroatoms. The van der Waals surface area contributed by atoms with E-state index < -0.39 is 10.0 Å². The van der Waals surface area contributed by atoms with Gasteiger partial charge in [0.15, 0.2) is 0 Å². The second-order valence-corrected chi connectivity index (χ2v) is 8.76. The molecule has 0 aliphatic carbocycles. The predicted molar refractivity (Wildman–Crippen MR) is 106 cm³/mol. The molecule has 140 valence electrons. The molecule has 1 amide bonds. The summed E-state index contributed by atoms with van der Waals surface area (Å²) in [7, 11) is -3.51. The Labute approximate surface area is 156 Å². The molecule has 0 aliphatic heterocycles. The molecule has 5 nitrogen and oxygen atoms in total. The zero-order chi connectivity index (χ0) is 19.3. The van der Waals surface area contributed by atoms with Gasteiger partial charge in [0, 0.05) is 12.2 Å². The number of aryl methyl sites for hydroxylation is 1. The van der Waals surface area contributed by atoms with Gasteiger partial charge in [0.2, 0.25) is 15.9 Å². The summed E-state index contributed by atoms with van der Waals surface area (Å²) in [5, 5.41) is 2.77. The molecular weight excluding hydrogens is 348 g/mol. The highest BCUT2D eigenvalue weighted by molar-refractivity contribution is 7.88. The van der Waals surface area contributed by atoms with Gasteiger partial charge in [0.1, 0.15) is 0 Å². The van der Waals surface area contributed by atoms with Crippen LogP contribution < -0.4 is 5.32 Å². The predicted octanol–water partition coefficient (Wildman–Crippen LogP) is 3.52. The first kappa shape index (κ1) is 20.1. The van der Waals surface area contributed by atoms with Crippen molar-refractivity contribution in [3.8, 4) is 0 Å². The SMILES string of the molecule is Cc1ccccc1CN(CC(=O)Nc1ccc(C(C)C)cc1)S(C)(=O)=O. The highest BCUT2D eigenvalue weighted by Crippen LogP contribution is 2.17. The molecule has 0 aliphatic rings. The van der Waals surface area contributed by atoms with Crippen molar-refractivity contribution in [1.82, 2.24) is 4.31 Å². The number of nitrogens with zero attached hydrogens (tertiary/aromatic N) is 1. The number of amides is 1. The third-order valence-electron chi connectivity index (χ3n) is 4.26. The first-order chi connectivity index (χ1) is 12.2. The summed E-state index contributed by atoms with van der Waals surface area (Å²) in [5.41, 5.74) is 3.71. The fraction of sp³-hybridized carbons (Fsp3) is 0.350. The number of hydrogen-bond donors (Lipinski definition) is 1. The van der Waals surface area contributed by atoms with Crippen LogP contribution in [0.25, 0.3) is 0 Å². The van der Waals surface area contributed by atoms with Crippen LogP contribution in [0, 0.1) is 6.92 Å². The lowest BCUT2D eigenvalue weighted by molar-refractivity contribution is -0.116. The molecule has 0 saturated heterocycles. The second-order valence-electron chi connectivity index (χ2n) is 6.78. The van der Waals surface area contributed by atoms with Gasteiger partial charge in [-0.2, -0.15) is 4.31 Å². The maximum Gasteiger partial charge on any atom is 0.239 e. The number of carbonyl (C=O) groups excluding carboxylic acids is 1. The Morgan fingerprint density at radius 1 is 1.08 bits per heavy atom. The van der Waals surface area contributed by atoms with Crippen LogP contribution in [0.4, 0.5) is 5.69 Å². The summed E-state index contributed by atoms with van der Waals surface area (Å²) < 4.78 is 25.4. The molecule has 0 bridgehead atoms. The smallest absolute Gasteiger partial charge is 0.239 e. The largest absolute Gasteiger partial charge is 0.325 e. The Balaban J connectivity index is 2.08. The molecule has 0 radical (unpaired) electrons. The number of nitrogens with one attached hydrogen (secondary N) is 1. The van der Waals surface area contributed by atoms with E-state index in [1.54, 1.807) is 0 Å².